The molecule has 0 aromatic carbocycles. The molecule has 5 heteroatoms. The van der Waals surface area contributed by atoms with Crippen LogP contribution in [0.25, 0.3) is 0 Å². The molecule has 19 heavy (non-hydrogen) atoms. The van der Waals surface area contributed by atoms with Gasteiger partial charge in [0, 0.05) is 18.3 Å². The number of halogens is 1. The van der Waals surface area contributed by atoms with Crippen LogP contribution in [0.3, 0.4) is 0 Å². The third kappa shape index (κ3) is 5.93. The normalized spacial score (nSPS) is 12.4. The zero-order chi connectivity index (χ0) is 14.3. The molecule has 1 heterocycles. The average Bonchev–Trinajstić information content (AvgIpc) is 2.79. The third-order valence-electron chi connectivity index (χ3n) is 3.37. The first-order chi connectivity index (χ1) is 9.06. The summed E-state index contributed by atoms with van der Waals surface area (Å²) in [7, 11) is 1.85. The lowest BCUT2D eigenvalue weighted by atomic mass is 9.96. The molecule has 0 radical (unpaired) electrons. The fourth-order valence-corrected chi connectivity index (χ4v) is 3.21. The zero-order valence-corrected chi connectivity index (χ0v) is 13.3. The molecule has 0 saturated carbocycles. The smallest absolute Gasteiger partial charge is 0.222 e. The molecule has 0 aliphatic carbocycles. The van der Waals surface area contributed by atoms with Crippen molar-refractivity contribution in [2.24, 2.45) is 11.7 Å². The molecule has 1 unspecified atom stereocenters. The Morgan fingerprint density at radius 2 is 2.21 bits per heavy atom. The molecule has 0 aliphatic heterocycles. The topological polar surface area (TPSA) is 46.3 Å². The lowest BCUT2D eigenvalue weighted by Crippen LogP contribution is -2.26. The van der Waals surface area contributed by atoms with E-state index in [0.717, 1.165) is 28.5 Å². The first-order valence-electron chi connectivity index (χ1n) is 6.75. The van der Waals surface area contributed by atoms with E-state index in [1.807, 2.05) is 19.2 Å². The highest BCUT2D eigenvalue weighted by Crippen LogP contribution is 2.23. The van der Waals surface area contributed by atoms with E-state index in [2.05, 4.69) is 6.92 Å². The standard InChI is InChI=1S/C14H23ClN2OS/c1-3-11(8-9-16)4-7-14(18)17(2)10-12-5-6-13(15)19-12/h5-6,11H,3-4,7-10,16H2,1-2H3. The van der Waals surface area contributed by atoms with E-state index in [-0.39, 0.29) is 5.91 Å². The average molecular weight is 303 g/mol. The van der Waals surface area contributed by atoms with Gasteiger partial charge >= 0.3 is 0 Å². The van der Waals surface area contributed by atoms with Gasteiger partial charge in [0.2, 0.25) is 5.91 Å². The van der Waals surface area contributed by atoms with Crippen LogP contribution in [0.1, 0.15) is 37.5 Å². The van der Waals surface area contributed by atoms with Gasteiger partial charge in [0.1, 0.15) is 0 Å². The van der Waals surface area contributed by atoms with E-state index in [9.17, 15) is 4.79 Å². The van der Waals surface area contributed by atoms with Crippen molar-refractivity contribution >= 4 is 28.8 Å². The molecule has 1 atom stereocenters. The second-order valence-electron chi connectivity index (χ2n) is 4.85. The number of carbonyl (C=O) groups excluding carboxylic acids is 1. The highest BCUT2D eigenvalue weighted by atomic mass is 35.5. The highest BCUT2D eigenvalue weighted by molar-refractivity contribution is 7.16. The second kappa shape index (κ2) is 8.56. The van der Waals surface area contributed by atoms with Crippen LogP contribution in [0, 0.1) is 5.92 Å². The molecule has 1 rings (SSSR count). The number of carbonyl (C=O) groups is 1. The molecular formula is C14H23ClN2OS. The molecule has 108 valence electrons. The van der Waals surface area contributed by atoms with Gasteiger partial charge in [-0.1, -0.05) is 24.9 Å². The van der Waals surface area contributed by atoms with E-state index >= 15 is 0 Å². The number of nitrogens with zero attached hydrogens (tertiary/aromatic N) is 1. The van der Waals surface area contributed by atoms with Crippen LogP contribution in [0.2, 0.25) is 4.34 Å². The molecule has 1 amide bonds. The third-order valence-corrected chi connectivity index (χ3v) is 4.58. The van der Waals surface area contributed by atoms with E-state index in [1.165, 1.54) is 11.3 Å². The maximum Gasteiger partial charge on any atom is 0.222 e. The Balaban J connectivity index is 2.36. The van der Waals surface area contributed by atoms with Crippen LogP contribution in [-0.2, 0) is 11.3 Å². The zero-order valence-electron chi connectivity index (χ0n) is 11.7. The van der Waals surface area contributed by atoms with Crippen molar-refractivity contribution in [1.29, 1.82) is 0 Å². The molecule has 0 spiro atoms. The Morgan fingerprint density at radius 3 is 2.74 bits per heavy atom. The van der Waals surface area contributed by atoms with E-state index < -0.39 is 0 Å². The maximum atomic E-state index is 12.0. The van der Waals surface area contributed by atoms with Crippen molar-refractivity contribution in [3.05, 3.63) is 21.3 Å². The summed E-state index contributed by atoms with van der Waals surface area (Å²) in [5.74, 6) is 0.763. The Kier molecular flexibility index (Phi) is 7.42. The van der Waals surface area contributed by atoms with Crippen molar-refractivity contribution in [1.82, 2.24) is 4.90 Å². The van der Waals surface area contributed by atoms with Gasteiger partial charge in [-0.05, 0) is 37.4 Å². The Labute approximate surface area is 124 Å². The second-order valence-corrected chi connectivity index (χ2v) is 6.65. The van der Waals surface area contributed by atoms with Gasteiger partial charge in [-0.2, -0.15) is 0 Å². The molecule has 0 fully saturated rings. The van der Waals surface area contributed by atoms with E-state index in [1.54, 1.807) is 4.90 Å². The monoisotopic (exact) mass is 302 g/mol. The molecule has 1 aromatic rings. The first-order valence-corrected chi connectivity index (χ1v) is 7.94. The lowest BCUT2D eigenvalue weighted by molar-refractivity contribution is -0.130. The van der Waals surface area contributed by atoms with Gasteiger partial charge in [0.05, 0.1) is 10.9 Å². The predicted octanol–water partition coefficient (Wildman–Crippen LogP) is 3.52. The van der Waals surface area contributed by atoms with Crippen molar-refractivity contribution in [3.63, 3.8) is 0 Å². The highest BCUT2D eigenvalue weighted by Gasteiger charge is 2.13. The summed E-state index contributed by atoms with van der Waals surface area (Å²) in [4.78, 5) is 14.9. The van der Waals surface area contributed by atoms with Crippen LogP contribution in [0.5, 0.6) is 0 Å². The van der Waals surface area contributed by atoms with Gasteiger partial charge in [-0.15, -0.1) is 11.3 Å². The van der Waals surface area contributed by atoms with Gasteiger partial charge in [-0.25, -0.2) is 0 Å². The largest absolute Gasteiger partial charge is 0.341 e. The summed E-state index contributed by atoms with van der Waals surface area (Å²) in [6.07, 6.45) is 3.64. The molecule has 0 bridgehead atoms. The number of amides is 1. The molecule has 0 saturated heterocycles. The lowest BCUT2D eigenvalue weighted by Gasteiger charge is -2.18. The summed E-state index contributed by atoms with van der Waals surface area (Å²) in [5.41, 5.74) is 5.57. The summed E-state index contributed by atoms with van der Waals surface area (Å²) in [6, 6.07) is 3.84. The summed E-state index contributed by atoms with van der Waals surface area (Å²) >= 11 is 7.41. The Hall–Kier alpha value is -0.580. The van der Waals surface area contributed by atoms with Crippen molar-refractivity contribution in [3.8, 4) is 0 Å². The van der Waals surface area contributed by atoms with Crippen molar-refractivity contribution in [2.75, 3.05) is 13.6 Å². The molecule has 0 aliphatic rings. The van der Waals surface area contributed by atoms with Crippen LogP contribution in [0.15, 0.2) is 12.1 Å². The minimum Gasteiger partial charge on any atom is -0.341 e. The first kappa shape index (κ1) is 16.5. The number of hydrogen-bond acceptors (Lipinski definition) is 3. The molecule has 2 N–H and O–H groups in total. The van der Waals surface area contributed by atoms with Crippen LogP contribution >= 0.6 is 22.9 Å². The van der Waals surface area contributed by atoms with Gasteiger partial charge in [0.25, 0.3) is 0 Å². The number of hydrogen-bond donors (Lipinski definition) is 1. The fourth-order valence-electron chi connectivity index (χ4n) is 2.07. The molecule has 3 nitrogen and oxygen atoms in total. The van der Waals surface area contributed by atoms with Gasteiger partial charge in [0.15, 0.2) is 0 Å². The SMILES string of the molecule is CCC(CCN)CCC(=O)N(C)Cc1ccc(Cl)s1. The van der Waals surface area contributed by atoms with Gasteiger partial charge in [-0.3, -0.25) is 4.79 Å². The quantitative estimate of drug-likeness (QED) is 0.798. The maximum absolute atomic E-state index is 12.0. The summed E-state index contributed by atoms with van der Waals surface area (Å²) in [6.45, 7) is 3.50. The predicted molar refractivity (Wildman–Crippen MR) is 82.5 cm³/mol. The minimum atomic E-state index is 0.194. The van der Waals surface area contributed by atoms with Crippen LogP contribution < -0.4 is 5.73 Å². The van der Waals surface area contributed by atoms with E-state index in [4.69, 9.17) is 17.3 Å². The Morgan fingerprint density at radius 1 is 1.47 bits per heavy atom. The van der Waals surface area contributed by atoms with E-state index in [0.29, 0.717) is 25.4 Å². The fraction of sp³-hybridized carbons (Fsp3) is 0.643. The summed E-state index contributed by atoms with van der Waals surface area (Å²) in [5, 5.41) is 0. The number of thiophene rings is 1. The van der Waals surface area contributed by atoms with Crippen molar-refractivity contribution < 1.29 is 4.79 Å². The molecular weight excluding hydrogens is 280 g/mol. The Bertz CT molecular complexity index is 395. The molecule has 1 aromatic heterocycles. The number of rotatable bonds is 8. The van der Waals surface area contributed by atoms with Gasteiger partial charge < -0.3 is 10.6 Å². The van der Waals surface area contributed by atoms with Crippen LogP contribution in [0.4, 0.5) is 0 Å². The summed E-state index contributed by atoms with van der Waals surface area (Å²) < 4.78 is 0.768. The number of nitrogens with two attached hydrogens (primary N) is 1. The van der Waals surface area contributed by atoms with Crippen molar-refractivity contribution in [2.45, 2.75) is 39.2 Å². The van der Waals surface area contributed by atoms with Crippen LogP contribution in [-0.4, -0.2) is 24.4 Å². The minimum absolute atomic E-state index is 0.194.